The molecule has 1 aromatic rings. The van der Waals surface area contributed by atoms with Crippen molar-refractivity contribution in [3.05, 3.63) is 35.4 Å². The molecule has 0 unspecified atom stereocenters. The summed E-state index contributed by atoms with van der Waals surface area (Å²) in [5, 5.41) is 10.3. The number of rotatable bonds is 2. The van der Waals surface area contributed by atoms with Crippen molar-refractivity contribution in [2.45, 2.75) is 6.18 Å². The van der Waals surface area contributed by atoms with E-state index in [1.807, 2.05) is 0 Å². The van der Waals surface area contributed by atoms with Crippen molar-refractivity contribution in [2.75, 3.05) is 6.54 Å². The molecule has 0 spiro atoms. The highest BCUT2D eigenvalue weighted by molar-refractivity contribution is 5.95. The minimum Gasteiger partial charge on any atom is -0.339 e. The van der Waals surface area contributed by atoms with Crippen LogP contribution in [0.5, 0.6) is 0 Å². The third-order valence-corrected chi connectivity index (χ3v) is 1.81. The lowest BCUT2D eigenvalue weighted by molar-refractivity contribution is -0.137. The molecule has 0 aromatic heterocycles. The van der Waals surface area contributed by atoms with E-state index in [0.29, 0.717) is 0 Å². The third-order valence-electron chi connectivity index (χ3n) is 1.81. The fourth-order valence-corrected chi connectivity index (χ4v) is 1.14. The van der Waals surface area contributed by atoms with Gasteiger partial charge in [-0.05, 0) is 12.1 Å². The summed E-state index contributed by atoms with van der Waals surface area (Å²) in [6, 6.07) is 6.03. The van der Waals surface area contributed by atoms with Crippen LogP contribution in [0.1, 0.15) is 15.9 Å². The van der Waals surface area contributed by atoms with Gasteiger partial charge >= 0.3 is 6.18 Å². The standard InChI is InChI=1S/C10H7F3N2O/c11-10(12,13)8-4-2-1-3-7(8)9(16)15-6-5-14/h1-4H,6H2,(H,15,16). The van der Waals surface area contributed by atoms with Gasteiger partial charge < -0.3 is 5.32 Å². The van der Waals surface area contributed by atoms with Gasteiger partial charge in [-0.2, -0.15) is 18.4 Å². The molecule has 0 radical (unpaired) electrons. The number of benzene rings is 1. The van der Waals surface area contributed by atoms with Crippen molar-refractivity contribution >= 4 is 5.91 Å². The maximum Gasteiger partial charge on any atom is 0.417 e. The molecule has 0 saturated heterocycles. The minimum atomic E-state index is -4.58. The van der Waals surface area contributed by atoms with E-state index < -0.39 is 23.2 Å². The van der Waals surface area contributed by atoms with Gasteiger partial charge in [-0.1, -0.05) is 12.1 Å². The van der Waals surface area contributed by atoms with Gasteiger partial charge in [0.05, 0.1) is 17.2 Å². The van der Waals surface area contributed by atoms with Gasteiger partial charge in [0, 0.05) is 0 Å². The fraction of sp³-hybridized carbons (Fsp3) is 0.200. The van der Waals surface area contributed by atoms with Crippen LogP contribution in [0.15, 0.2) is 24.3 Å². The molecule has 1 N–H and O–H groups in total. The Balaban J connectivity index is 3.05. The molecule has 84 valence electrons. The van der Waals surface area contributed by atoms with Crippen LogP contribution < -0.4 is 5.32 Å². The maximum absolute atomic E-state index is 12.5. The summed E-state index contributed by atoms with van der Waals surface area (Å²) in [5.41, 5.74) is -1.49. The molecule has 0 atom stereocenters. The van der Waals surface area contributed by atoms with Crippen LogP contribution in [-0.4, -0.2) is 12.5 Å². The van der Waals surface area contributed by atoms with E-state index in [-0.39, 0.29) is 6.54 Å². The lowest BCUT2D eigenvalue weighted by atomic mass is 10.1. The first-order chi connectivity index (χ1) is 7.46. The number of nitrogens with zero attached hydrogens (tertiary/aromatic N) is 1. The first-order valence-corrected chi connectivity index (χ1v) is 4.28. The quantitative estimate of drug-likeness (QED) is 0.786. The lowest BCUT2D eigenvalue weighted by Crippen LogP contribution is -2.26. The Morgan fingerprint density at radius 3 is 2.56 bits per heavy atom. The number of halogens is 3. The number of nitrogens with one attached hydrogen (secondary N) is 1. The summed E-state index contributed by atoms with van der Waals surface area (Å²) in [7, 11) is 0. The number of carbonyl (C=O) groups is 1. The predicted octanol–water partition coefficient (Wildman–Crippen LogP) is 1.96. The molecule has 0 heterocycles. The molecule has 0 saturated carbocycles. The van der Waals surface area contributed by atoms with Crippen molar-refractivity contribution in [3.8, 4) is 6.07 Å². The molecule has 16 heavy (non-hydrogen) atoms. The van der Waals surface area contributed by atoms with Crippen molar-refractivity contribution < 1.29 is 18.0 Å². The van der Waals surface area contributed by atoms with Gasteiger partial charge in [0.25, 0.3) is 5.91 Å². The Morgan fingerprint density at radius 2 is 2.00 bits per heavy atom. The second kappa shape index (κ2) is 4.66. The molecule has 3 nitrogen and oxygen atoms in total. The van der Waals surface area contributed by atoms with E-state index in [1.54, 1.807) is 6.07 Å². The van der Waals surface area contributed by atoms with Crippen molar-refractivity contribution in [1.29, 1.82) is 5.26 Å². The van der Waals surface area contributed by atoms with Gasteiger partial charge in [-0.25, -0.2) is 0 Å². The normalized spacial score (nSPS) is 10.6. The van der Waals surface area contributed by atoms with E-state index in [0.717, 1.165) is 12.1 Å². The van der Waals surface area contributed by atoms with E-state index >= 15 is 0 Å². The first kappa shape index (κ1) is 12.0. The number of amides is 1. The molecular formula is C10H7F3N2O. The van der Waals surface area contributed by atoms with Crippen LogP contribution in [-0.2, 0) is 6.18 Å². The number of alkyl halides is 3. The summed E-state index contributed by atoms with van der Waals surface area (Å²) in [6.07, 6.45) is -4.58. The number of hydrogen-bond acceptors (Lipinski definition) is 2. The third kappa shape index (κ3) is 2.73. The van der Waals surface area contributed by atoms with Gasteiger partial charge in [-0.3, -0.25) is 4.79 Å². The van der Waals surface area contributed by atoms with Gasteiger partial charge in [-0.15, -0.1) is 0 Å². The number of hydrogen-bond donors (Lipinski definition) is 1. The summed E-state index contributed by atoms with van der Waals surface area (Å²) in [5.74, 6) is -0.908. The second-order valence-corrected chi connectivity index (χ2v) is 2.88. The Bertz CT molecular complexity index is 434. The van der Waals surface area contributed by atoms with Crippen LogP contribution in [0.25, 0.3) is 0 Å². The van der Waals surface area contributed by atoms with Crippen LogP contribution in [0.3, 0.4) is 0 Å². The monoisotopic (exact) mass is 228 g/mol. The number of nitriles is 1. The molecule has 0 aliphatic carbocycles. The summed E-state index contributed by atoms with van der Waals surface area (Å²) < 4.78 is 37.5. The zero-order chi connectivity index (χ0) is 12.2. The van der Waals surface area contributed by atoms with E-state index in [4.69, 9.17) is 5.26 Å². The molecule has 0 aliphatic heterocycles. The zero-order valence-corrected chi connectivity index (χ0v) is 8.01. The minimum absolute atomic E-state index is 0.328. The lowest BCUT2D eigenvalue weighted by Gasteiger charge is -2.11. The van der Waals surface area contributed by atoms with Crippen LogP contribution in [0, 0.1) is 11.3 Å². The highest BCUT2D eigenvalue weighted by Gasteiger charge is 2.34. The highest BCUT2D eigenvalue weighted by Crippen LogP contribution is 2.31. The fourth-order valence-electron chi connectivity index (χ4n) is 1.14. The van der Waals surface area contributed by atoms with Gasteiger partial charge in [0.1, 0.15) is 6.54 Å². The zero-order valence-electron chi connectivity index (χ0n) is 8.01. The van der Waals surface area contributed by atoms with E-state index in [1.165, 1.54) is 12.1 Å². The molecule has 1 amide bonds. The van der Waals surface area contributed by atoms with E-state index in [9.17, 15) is 18.0 Å². The Labute approximate surface area is 89.5 Å². The largest absolute Gasteiger partial charge is 0.417 e. The Kier molecular flexibility index (Phi) is 3.51. The molecular weight excluding hydrogens is 221 g/mol. The summed E-state index contributed by atoms with van der Waals surface area (Å²) >= 11 is 0. The van der Waals surface area contributed by atoms with E-state index in [2.05, 4.69) is 5.32 Å². The van der Waals surface area contributed by atoms with Crippen LogP contribution in [0.2, 0.25) is 0 Å². The molecule has 0 bridgehead atoms. The van der Waals surface area contributed by atoms with Crippen molar-refractivity contribution in [3.63, 3.8) is 0 Å². The van der Waals surface area contributed by atoms with Gasteiger partial charge in [0.15, 0.2) is 0 Å². The predicted molar refractivity (Wildman–Crippen MR) is 49.4 cm³/mol. The average Bonchev–Trinajstić information content (AvgIpc) is 2.24. The average molecular weight is 228 g/mol. The summed E-state index contributed by atoms with van der Waals surface area (Å²) in [6.45, 7) is -0.328. The molecule has 6 heteroatoms. The van der Waals surface area contributed by atoms with Gasteiger partial charge in [0.2, 0.25) is 0 Å². The summed E-state index contributed by atoms with van der Waals surface area (Å²) in [4.78, 5) is 11.3. The molecule has 0 aliphatic rings. The van der Waals surface area contributed by atoms with Crippen molar-refractivity contribution in [1.82, 2.24) is 5.32 Å². The first-order valence-electron chi connectivity index (χ1n) is 4.28. The Hall–Kier alpha value is -2.03. The molecule has 1 rings (SSSR count). The van der Waals surface area contributed by atoms with Crippen LogP contribution >= 0.6 is 0 Å². The van der Waals surface area contributed by atoms with Crippen LogP contribution in [0.4, 0.5) is 13.2 Å². The molecule has 1 aromatic carbocycles. The second-order valence-electron chi connectivity index (χ2n) is 2.88. The molecule has 0 fully saturated rings. The maximum atomic E-state index is 12.5. The highest BCUT2D eigenvalue weighted by atomic mass is 19.4. The number of carbonyl (C=O) groups excluding carboxylic acids is 1. The smallest absolute Gasteiger partial charge is 0.339 e. The Morgan fingerprint density at radius 1 is 1.38 bits per heavy atom. The topological polar surface area (TPSA) is 52.9 Å². The van der Waals surface area contributed by atoms with Crippen molar-refractivity contribution in [2.24, 2.45) is 0 Å². The SMILES string of the molecule is N#CCNC(=O)c1ccccc1C(F)(F)F.